The predicted molar refractivity (Wildman–Crippen MR) is 131 cm³/mol. The van der Waals surface area contributed by atoms with Crippen LogP contribution in [-0.4, -0.2) is 31.2 Å². The Labute approximate surface area is 204 Å². The Morgan fingerprint density at radius 2 is 1.68 bits per heavy atom. The van der Waals surface area contributed by atoms with Crippen molar-refractivity contribution in [2.24, 2.45) is 0 Å². The quantitative estimate of drug-likeness (QED) is 0.303. The largest absolute Gasteiger partial charge is 0.494 e. The number of amides is 1. The number of nitrogens with zero attached hydrogens (tertiary/aromatic N) is 1. The van der Waals surface area contributed by atoms with Gasteiger partial charge in [0.15, 0.2) is 0 Å². The Bertz CT molecular complexity index is 1180. The maximum Gasteiger partial charge on any atom is 0.338 e. The molecule has 1 fully saturated rings. The van der Waals surface area contributed by atoms with E-state index in [4.69, 9.17) is 25.8 Å². The molecule has 4 rings (SSSR count). The zero-order chi connectivity index (χ0) is 24.2. The summed E-state index contributed by atoms with van der Waals surface area (Å²) in [5.41, 5.74) is 2.86. The SMILES string of the molecule is CCOC(=O)c1ccc(N2C(=O)[C@H](Oc3ccc(Cl)cc3C)[C@@H]2c2ccc(OCC)cc2)cc1. The van der Waals surface area contributed by atoms with Gasteiger partial charge in [-0.25, -0.2) is 4.79 Å². The molecule has 1 aliphatic rings. The average molecular weight is 480 g/mol. The van der Waals surface area contributed by atoms with Gasteiger partial charge in [-0.05, 0) is 86.5 Å². The molecule has 1 saturated heterocycles. The van der Waals surface area contributed by atoms with E-state index >= 15 is 0 Å². The van der Waals surface area contributed by atoms with E-state index in [9.17, 15) is 9.59 Å². The van der Waals surface area contributed by atoms with Gasteiger partial charge in [0.25, 0.3) is 5.91 Å². The van der Waals surface area contributed by atoms with Crippen LogP contribution in [0.1, 0.15) is 41.4 Å². The van der Waals surface area contributed by atoms with Crippen LogP contribution in [0.4, 0.5) is 5.69 Å². The van der Waals surface area contributed by atoms with Crippen molar-refractivity contribution in [3.63, 3.8) is 0 Å². The van der Waals surface area contributed by atoms with E-state index in [2.05, 4.69) is 0 Å². The number of hydrogen-bond donors (Lipinski definition) is 0. The van der Waals surface area contributed by atoms with Crippen LogP contribution < -0.4 is 14.4 Å². The molecule has 0 unspecified atom stereocenters. The summed E-state index contributed by atoms with van der Waals surface area (Å²) in [6.07, 6.45) is -0.706. The summed E-state index contributed by atoms with van der Waals surface area (Å²) < 4.78 is 16.8. The van der Waals surface area contributed by atoms with Crippen LogP contribution in [0.5, 0.6) is 11.5 Å². The normalized spacial score (nSPS) is 17.2. The summed E-state index contributed by atoms with van der Waals surface area (Å²) in [5, 5.41) is 0.608. The molecule has 0 N–H and O–H groups in total. The molecule has 2 atom stereocenters. The molecule has 0 saturated carbocycles. The van der Waals surface area contributed by atoms with Crippen molar-refractivity contribution in [3.05, 3.63) is 88.4 Å². The maximum absolute atomic E-state index is 13.3. The molecule has 176 valence electrons. The number of β-lactam (4-membered cyclic amide) rings is 1. The van der Waals surface area contributed by atoms with E-state index in [1.807, 2.05) is 38.1 Å². The number of esters is 1. The summed E-state index contributed by atoms with van der Waals surface area (Å²) in [4.78, 5) is 27.0. The molecule has 3 aromatic carbocycles. The van der Waals surface area contributed by atoms with Crippen LogP contribution in [0.3, 0.4) is 0 Å². The number of rotatable bonds is 8. The fourth-order valence-electron chi connectivity index (χ4n) is 3.97. The smallest absolute Gasteiger partial charge is 0.338 e. The molecular weight excluding hydrogens is 454 g/mol. The van der Waals surface area contributed by atoms with Gasteiger partial charge in [0.2, 0.25) is 6.10 Å². The highest BCUT2D eigenvalue weighted by molar-refractivity contribution is 6.30. The Morgan fingerprint density at radius 3 is 2.29 bits per heavy atom. The zero-order valence-corrected chi connectivity index (χ0v) is 20.0. The van der Waals surface area contributed by atoms with Gasteiger partial charge in [0.1, 0.15) is 17.5 Å². The molecular formula is C27H26ClNO5. The van der Waals surface area contributed by atoms with Gasteiger partial charge in [-0.1, -0.05) is 23.7 Å². The van der Waals surface area contributed by atoms with Crippen molar-refractivity contribution in [3.8, 4) is 11.5 Å². The highest BCUT2D eigenvalue weighted by Gasteiger charge is 2.51. The van der Waals surface area contributed by atoms with Gasteiger partial charge in [0, 0.05) is 10.7 Å². The van der Waals surface area contributed by atoms with Gasteiger partial charge in [0.05, 0.1) is 18.8 Å². The number of benzene rings is 3. The first kappa shape index (κ1) is 23.6. The minimum atomic E-state index is -0.706. The Kier molecular flexibility index (Phi) is 7.08. The number of carbonyl (C=O) groups is 2. The van der Waals surface area contributed by atoms with Crippen molar-refractivity contribution >= 4 is 29.2 Å². The van der Waals surface area contributed by atoms with Gasteiger partial charge in [-0.3, -0.25) is 9.69 Å². The third-order valence-corrected chi connectivity index (χ3v) is 5.86. The molecule has 0 bridgehead atoms. The molecule has 1 aliphatic heterocycles. The third kappa shape index (κ3) is 4.73. The second kappa shape index (κ2) is 10.2. The number of ether oxygens (including phenoxy) is 3. The van der Waals surface area contributed by atoms with Crippen LogP contribution >= 0.6 is 11.6 Å². The number of hydrogen-bond acceptors (Lipinski definition) is 5. The molecule has 3 aromatic rings. The van der Waals surface area contributed by atoms with E-state index < -0.39 is 12.1 Å². The Hall–Kier alpha value is -3.51. The van der Waals surface area contributed by atoms with E-state index in [0.717, 1.165) is 16.9 Å². The molecule has 7 heteroatoms. The predicted octanol–water partition coefficient (Wildman–Crippen LogP) is 5.76. The van der Waals surface area contributed by atoms with Crippen LogP contribution in [-0.2, 0) is 9.53 Å². The lowest BCUT2D eigenvalue weighted by Crippen LogP contribution is -2.61. The second-order valence-electron chi connectivity index (χ2n) is 7.87. The standard InChI is InChI=1S/C27H26ClNO5/c1-4-32-22-13-8-18(9-14-22)24-25(34-23-15-10-20(28)16-17(23)3)26(30)29(24)21-11-6-19(7-12-21)27(31)33-5-2/h6-16,24-25H,4-5H2,1-3H3/t24-,25+/m0/s1. The third-order valence-electron chi connectivity index (χ3n) is 5.63. The molecule has 0 radical (unpaired) electrons. The number of halogens is 1. The van der Waals surface area contributed by atoms with Crippen molar-refractivity contribution in [1.29, 1.82) is 0 Å². The van der Waals surface area contributed by atoms with Crippen LogP contribution in [0.2, 0.25) is 5.02 Å². The summed E-state index contributed by atoms with van der Waals surface area (Å²) in [5.74, 6) is 0.799. The molecule has 1 heterocycles. The Balaban J connectivity index is 1.65. The van der Waals surface area contributed by atoms with Crippen molar-refractivity contribution < 1.29 is 23.8 Å². The summed E-state index contributed by atoms with van der Waals surface area (Å²) in [7, 11) is 0. The zero-order valence-electron chi connectivity index (χ0n) is 19.3. The maximum atomic E-state index is 13.3. The topological polar surface area (TPSA) is 65.1 Å². The van der Waals surface area contributed by atoms with Gasteiger partial charge in [-0.15, -0.1) is 0 Å². The van der Waals surface area contributed by atoms with Gasteiger partial charge >= 0.3 is 5.97 Å². The minimum Gasteiger partial charge on any atom is -0.494 e. The second-order valence-corrected chi connectivity index (χ2v) is 8.31. The van der Waals surface area contributed by atoms with E-state index in [1.54, 1.807) is 54.3 Å². The van der Waals surface area contributed by atoms with Crippen LogP contribution in [0.25, 0.3) is 0 Å². The van der Waals surface area contributed by atoms with Crippen LogP contribution in [0.15, 0.2) is 66.7 Å². The molecule has 1 amide bonds. The van der Waals surface area contributed by atoms with Crippen molar-refractivity contribution in [1.82, 2.24) is 0 Å². The van der Waals surface area contributed by atoms with E-state index in [-0.39, 0.29) is 11.9 Å². The Morgan fingerprint density at radius 1 is 0.971 bits per heavy atom. The lowest BCUT2D eigenvalue weighted by atomic mass is 9.89. The van der Waals surface area contributed by atoms with Crippen molar-refractivity contribution in [2.45, 2.75) is 32.9 Å². The van der Waals surface area contributed by atoms with E-state index in [1.165, 1.54) is 0 Å². The fraction of sp³-hybridized carbons (Fsp3) is 0.259. The average Bonchev–Trinajstić information content (AvgIpc) is 2.83. The number of carbonyl (C=O) groups excluding carboxylic acids is 2. The molecule has 34 heavy (non-hydrogen) atoms. The molecule has 0 aliphatic carbocycles. The fourth-order valence-corrected chi connectivity index (χ4v) is 4.20. The number of aryl methyl sites for hydroxylation is 1. The highest BCUT2D eigenvalue weighted by atomic mass is 35.5. The monoisotopic (exact) mass is 479 g/mol. The summed E-state index contributed by atoms with van der Waals surface area (Å²) in [6.45, 7) is 6.45. The first-order valence-electron chi connectivity index (χ1n) is 11.2. The highest BCUT2D eigenvalue weighted by Crippen LogP contribution is 2.42. The lowest BCUT2D eigenvalue weighted by molar-refractivity contribution is -0.135. The van der Waals surface area contributed by atoms with Gasteiger partial charge < -0.3 is 14.2 Å². The molecule has 0 aromatic heterocycles. The first-order valence-corrected chi connectivity index (χ1v) is 11.6. The van der Waals surface area contributed by atoms with Crippen molar-refractivity contribution in [2.75, 3.05) is 18.1 Å². The summed E-state index contributed by atoms with van der Waals surface area (Å²) in [6, 6.07) is 19.4. The van der Waals surface area contributed by atoms with Crippen LogP contribution in [0, 0.1) is 6.92 Å². The van der Waals surface area contributed by atoms with Gasteiger partial charge in [-0.2, -0.15) is 0 Å². The lowest BCUT2D eigenvalue weighted by Gasteiger charge is -2.46. The first-order chi connectivity index (χ1) is 16.4. The van der Waals surface area contributed by atoms with E-state index in [0.29, 0.717) is 35.2 Å². The summed E-state index contributed by atoms with van der Waals surface area (Å²) >= 11 is 6.08. The number of anilines is 1. The molecule has 0 spiro atoms. The molecule has 6 nitrogen and oxygen atoms in total. The minimum absolute atomic E-state index is 0.169.